The van der Waals surface area contributed by atoms with Crippen LogP contribution in [0.1, 0.15) is 26.2 Å². The van der Waals surface area contributed by atoms with E-state index in [9.17, 15) is 10.1 Å². The average molecular weight is 255 g/mol. The molecule has 1 aromatic rings. The van der Waals surface area contributed by atoms with Crippen LogP contribution in [0.3, 0.4) is 0 Å². The van der Waals surface area contributed by atoms with E-state index in [0.717, 1.165) is 18.0 Å². The minimum absolute atomic E-state index is 0.0278. The van der Waals surface area contributed by atoms with Gasteiger partial charge in [0.1, 0.15) is 0 Å². The molecular formula is C12H15ClN2O2. The average Bonchev–Trinajstić information content (AvgIpc) is 3.11. The third-order valence-electron chi connectivity index (χ3n) is 3.14. The zero-order valence-electron chi connectivity index (χ0n) is 9.65. The molecule has 4 nitrogen and oxygen atoms in total. The lowest BCUT2D eigenvalue weighted by atomic mass is 10.1. The predicted molar refractivity (Wildman–Crippen MR) is 68.5 cm³/mol. The highest BCUT2D eigenvalue weighted by Crippen LogP contribution is 2.37. The molecule has 1 aliphatic rings. The zero-order valence-corrected chi connectivity index (χ0v) is 10.4. The number of anilines is 1. The van der Waals surface area contributed by atoms with Crippen LogP contribution in [0.4, 0.5) is 11.4 Å². The van der Waals surface area contributed by atoms with Crippen molar-refractivity contribution in [3.05, 3.63) is 33.3 Å². The zero-order chi connectivity index (χ0) is 12.4. The van der Waals surface area contributed by atoms with Gasteiger partial charge in [0.05, 0.1) is 15.6 Å². The first kappa shape index (κ1) is 12.2. The van der Waals surface area contributed by atoms with Gasteiger partial charge in [0.15, 0.2) is 0 Å². The first-order valence-corrected chi connectivity index (χ1v) is 6.20. The summed E-state index contributed by atoms with van der Waals surface area (Å²) in [7, 11) is 0. The Morgan fingerprint density at radius 1 is 1.59 bits per heavy atom. The number of nitrogens with zero attached hydrogens (tertiary/aromatic N) is 1. The second kappa shape index (κ2) is 4.92. The summed E-state index contributed by atoms with van der Waals surface area (Å²) in [6, 6.07) is 4.98. The first-order valence-electron chi connectivity index (χ1n) is 5.82. The van der Waals surface area contributed by atoms with E-state index >= 15 is 0 Å². The molecule has 0 saturated heterocycles. The van der Waals surface area contributed by atoms with E-state index in [2.05, 4.69) is 12.2 Å². The number of rotatable bonds is 5. The molecule has 0 aliphatic heterocycles. The van der Waals surface area contributed by atoms with Crippen molar-refractivity contribution < 1.29 is 4.92 Å². The van der Waals surface area contributed by atoms with Crippen LogP contribution in [0.25, 0.3) is 0 Å². The van der Waals surface area contributed by atoms with Crippen LogP contribution in [-0.2, 0) is 0 Å². The third-order valence-corrected chi connectivity index (χ3v) is 3.45. The van der Waals surface area contributed by atoms with Crippen molar-refractivity contribution in [3.63, 3.8) is 0 Å². The summed E-state index contributed by atoms with van der Waals surface area (Å²) in [4.78, 5) is 10.2. The van der Waals surface area contributed by atoms with Gasteiger partial charge in [-0.15, -0.1) is 0 Å². The van der Waals surface area contributed by atoms with Crippen LogP contribution in [0.15, 0.2) is 18.2 Å². The van der Waals surface area contributed by atoms with Crippen LogP contribution in [0.2, 0.25) is 5.02 Å². The molecule has 0 heterocycles. The van der Waals surface area contributed by atoms with Crippen molar-refractivity contribution in [2.24, 2.45) is 5.92 Å². The quantitative estimate of drug-likeness (QED) is 0.641. The van der Waals surface area contributed by atoms with Crippen molar-refractivity contribution >= 4 is 23.0 Å². The molecule has 92 valence electrons. The maximum absolute atomic E-state index is 10.6. The van der Waals surface area contributed by atoms with Crippen molar-refractivity contribution in [1.29, 1.82) is 0 Å². The molecule has 0 spiro atoms. The molecule has 1 atom stereocenters. The molecule has 1 fully saturated rings. The number of nitro benzene ring substituents is 1. The summed E-state index contributed by atoms with van der Waals surface area (Å²) >= 11 is 6.03. The molecule has 1 aromatic carbocycles. The van der Waals surface area contributed by atoms with Gasteiger partial charge in [-0.1, -0.05) is 18.5 Å². The van der Waals surface area contributed by atoms with Crippen LogP contribution in [0.5, 0.6) is 0 Å². The van der Waals surface area contributed by atoms with Gasteiger partial charge in [-0.2, -0.15) is 0 Å². The highest BCUT2D eigenvalue weighted by atomic mass is 35.5. The fourth-order valence-corrected chi connectivity index (χ4v) is 2.22. The number of hydrogen-bond acceptors (Lipinski definition) is 3. The van der Waals surface area contributed by atoms with Crippen molar-refractivity contribution in [2.45, 2.75) is 32.2 Å². The number of hydrogen-bond donors (Lipinski definition) is 1. The minimum atomic E-state index is -0.437. The first-order chi connectivity index (χ1) is 8.11. The van der Waals surface area contributed by atoms with E-state index in [-0.39, 0.29) is 5.69 Å². The van der Waals surface area contributed by atoms with Gasteiger partial charge < -0.3 is 5.32 Å². The molecule has 1 N–H and O–H groups in total. The Bertz CT molecular complexity index is 433. The fraction of sp³-hybridized carbons (Fsp3) is 0.500. The molecule has 0 aromatic heterocycles. The Labute approximate surface area is 105 Å². The Hall–Kier alpha value is -1.29. The number of non-ortho nitro benzene ring substituents is 1. The SMILES string of the molecule is CCC(Nc1ccc([N+](=O)[O-])cc1Cl)C1CC1. The molecule has 2 rings (SSSR count). The van der Waals surface area contributed by atoms with Gasteiger partial charge in [0.25, 0.3) is 5.69 Å². The number of halogens is 1. The molecular weight excluding hydrogens is 240 g/mol. The van der Waals surface area contributed by atoms with Crippen LogP contribution in [-0.4, -0.2) is 11.0 Å². The van der Waals surface area contributed by atoms with Crippen molar-refractivity contribution in [1.82, 2.24) is 0 Å². The Kier molecular flexibility index (Phi) is 3.52. The van der Waals surface area contributed by atoms with Gasteiger partial charge >= 0.3 is 0 Å². The minimum Gasteiger partial charge on any atom is -0.381 e. The Morgan fingerprint density at radius 2 is 2.29 bits per heavy atom. The maximum Gasteiger partial charge on any atom is 0.271 e. The molecule has 0 amide bonds. The molecule has 1 saturated carbocycles. The number of nitrogens with one attached hydrogen (secondary N) is 1. The Balaban J connectivity index is 2.12. The standard InChI is InChI=1S/C12H15ClN2O2/c1-2-11(8-3-4-8)14-12-6-5-9(15(16)17)7-10(12)13/h5-8,11,14H,2-4H2,1H3. The predicted octanol–water partition coefficient (Wildman–Crippen LogP) is 3.85. The molecule has 0 radical (unpaired) electrons. The highest BCUT2D eigenvalue weighted by Gasteiger charge is 2.30. The number of benzene rings is 1. The molecule has 1 aliphatic carbocycles. The largest absolute Gasteiger partial charge is 0.381 e. The summed E-state index contributed by atoms with van der Waals surface area (Å²) in [6.45, 7) is 2.13. The van der Waals surface area contributed by atoms with Crippen LogP contribution < -0.4 is 5.32 Å². The lowest BCUT2D eigenvalue weighted by Crippen LogP contribution is -2.20. The maximum atomic E-state index is 10.6. The van der Waals surface area contributed by atoms with E-state index in [4.69, 9.17) is 11.6 Å². The van der Waals surface area contributed by atoms with E-state index < -0.39 is 4.92 Å². The Morgan fingerprint density at radius 3 is 2.76 bits per heavy atom. The van der Waals surface area contributed by atoms with E-state index in [0.29, 0.717) is 11.1 Å². The molecule has 17 heavy (non-hydrogen) atoms. The van der Waals surface area contributed by atoms with Crippen molar-refractivity contribution in [2.75, 3.05) is 5.32 Å². The summed E-state index contributed by atoms with van der Waals surface area (Å²) in [5.41, 5.74) is 0.816. The van der Waals surface area contributed by atoms with Crippen LogP contribution >= 0.6 is 11.6 Å². The lowest BCUT2D eigenvalue weighted by molar-refractivity contribution is -0.384. The lowest BCUT2D eigenvalue weighted by Gasteiger charge is -2.18. The van der Waals surface area contributed by atoms with Gasteiger partial charge in [0, 0.05) is 18.2 Å². The summed E-state index contributed by atoms with van der Waals surface area (Å²) in [5.74, 6) is 0.728. The topological polar surface area (TPSA) is 55.2 Å². The number of nitro groups is 1. The van der Waals surface area contributed by atoms with Gasteiger partial charge in [0.2, 0.25) is 0 Å². The van der Waals surface area contributed by atoms with Crippen molar-refractivity contribution in [3.8, 4) is 0 Å². The summed E-state index contributed by atoms with van der Waals surface area (Å²) in [5, 5.41) is 14.4. The fourth-order valence-electron chi connectivity index (χ4n) is 1.99. The van der Waals surface area contributed by atoms with Crippen LogP contribution in [0, 0.1) is 16.0 Å². The second-order valence-corrected chi connectivity index (χ2v) is 4.82. The second-order valence-electron chi connectivity index (χ2n) is 4.42. The normalized spacial score (nSPS) is 16.6. The van der Waals surface area contributed by atoms with Gasteiger partial charge in [-0.25, -0.2) is 0 Å². The smallest absolute Gasteiger partial charge is 0.271 e. The molecule has 5 heteroatoms. The monoisotopic (exact) mass is 254 g/mol. The third kappa shape index (κ3) is 2.88. The van der Waals surface area contributed by atoms with Gasteiger partial charge in [-0.05, 0) is 31.2 Å². The van der Waals surface area contributed by atoms with E-state index in [1.165, 1.54) is 25.0 Å². The highest BCUT2D eigenvalue weighted by molar-refractivity contribution is 6.33. The molecule has 0 bridgehead atoms. The summed E-state index contributed by atoms with van der Waals surface area (Å²) < 4.78 is 0. The van der Waals surface area contributed by atoms with E-state index in [1.54, 1.807) is 6.07 Å². The van der Waals surface area contributed by atoms with Gasteiger partial charge in [-0.3, -0.25) is 10.1 Å². The molecule has 1 unspecified atom stereocenters. The van der Waals surface area contributed by atoms with E-state index in [1.807, 2.05) is 0 Å². The summed E-state index contributed by atoms with van der Waals surface area (Å²) in [6.07, 6.45) is 3.56.